The van der Waals surface area contributed by atoms with Crippen LogP contribution in [0.5, 0.6) is 0 Å². The Morgan fingerprint density at radius 3 is 2.64 bits per heavy atom. The van der Waals surface area contributed by atoms with Gasteiger partial charge in [-0.1, -0.05) is 12.1 Å². The maximum absolute atomic E-state index is 12.2. The molecule has 3 aromatic rings. The number of amides is 1. The molecule has 2 N–H and O–H groups in total. The average Bonchev–Trinajstić information content (AvgIpc) is 3.32. The summed E-state index contributed by atoms with van der Waals surface area (Å²) >= 11 is 0. The van der Waals surface area contributed by atoms with Crippen molar-refractivity contribution in [1.29, 1.82) is 0 Å². The summed E-state index contributed by atoms with van der Waals surface area (Å²) in [6.07, 6.45) is 3.88. The molecule has 126 valence electrons. The first kappa shape index (κ1) is 15.3. The van der Waals surface area contributed by atoms with Gasteiger partial charge in [0.15, 0.2) is 0 Å². The first-order valence-electron chi connectivity index (χ1n) is 8.17. The zero-order valence-electron chi connectivity index (χ0n) is 13.5. The predicted octanol–water partition coefficient (Wildman–Crippen LogP) is 2.15. The molecule has 1 aromatic carbocycles. The summed E-state index contributed by atoms with van der Waals surface area (Å²) in [5.74, 6) is 0.154. The second-order valence-electron chi connectivity index (χ2n) is 6.12. The fraction of sp³-hybridized carbons (Fsp3) is 0.222. The molecule has 7 heteroatoms. The molecule has 0 bridgehead atoms. The number of benzene rings is 1. The lowest BCUT2D eigenvalue weighted by atomic mass is 10.1. The molecular weight excluding hydrogens is 318 g/mol. The normalized spacial score (nSPS) is 13.6. The number of anilines is 1. The number of hydrogen-bond acceptors (Lipinski definition) is 4. The van der Waals surface area contributed by atoms with Gasteiger partial charge in [-0.2, -0.15) is 10.2 Å². The lowest BCUT2D eigenvalue weighted by Crippen LogP contribution is -2.29. The van der Waals surface area contributed by atoms with Gasteiger partial charge in [-0.15, -0.1) is 0 Å². The fourth-order valence-corrected chi connectivity index (χ4v) is 2.66. The Bertz CT molecular complexity index is 940. The first-order valence-corrected chi connectivity index (χ1v) is 8.17. The highest BCUT2D eigenvalue weighted by molar-refractivity contribution is 5.90. The summed E-state index contributed by atoms with van der Waals surface area (Å²) in [6.45, 7) is -0.0955. The fourth-order valence-electron chi connectivity index (χ4n) is 2.66. The number of nitrogens with zero attached hydrogens (tertiary/aromatic N) is 3. The maximum atomic E-state index is 12.2. The summed E-state index contributed by atoms with van der Waals surface area (Å²) in [4.78, 5) is 24.1. The van der Waals surface area contributed by atoms with Gasteiger partial charge in [-0.05, 0) is 42.7 Å². The van der Waals surface area contributed by atoms with Crippen molar-refractivity contribution in [3.63, 3.8) is 0 Å². The monoisotopic (exact) mass is 335 g/mol. The van der Waals surface area contributed by atoms with Crippen LogP contribution in [0.4, 0.5) is 5.69 Å². The molecule has 0 atom stereocenters. The number of carbonyl (C=O) groups excluding carboxylic acids is 1. The van der Waals surface area contributed by atoms with Gasteiger partial charge in [0.2, 0.25) is 5.91 Å². The molecule has 0 radical (unpaired) electrons. The quantitative estimate of drug-likeness (QED) is 0.747. The van der Waals surface area contributed by atoms with Crippen LogP contribution in [0, 0.1) is 0 Å². The molecule has 4 rings (SSSR count). The Kier molecular flexibility index (Phi) is 3.89. The van der Waals surface area contributed by atoms with Gasteiger partial charge in [0.1, 0.15) is 6.54 Å². The van der Waals surface area contributed by atoms with E-state index in [4.69, 9.17) is 0 Å². The van der Waals surface area contributed by atoms with Crippen LogP contribution < -0.4 is 10.9 Å². The van der Waals surface area contributed by atoms with E-state index in [0.717, 1.165) is 29.8 Å². The summed E-state index contributed by atoms with van der Waals surface area (Å²) in [7, 11) is 0. The van der Waals surface area contributed by atoms with Crippen LogP contribution in [0.1, 0.15) is 24.5 Å². The Hall–Kier alpha value is -3.22. The van der Waals surface area contributed by atoms with E-state index in [9.17, 15) is 9.59 Å². The van der Waals surface area contributed by atoms with Gasteiger partial charge >= 0.3 is 0 Å². The summed E-state index contributed by atoms with van der Waals surface area (Å²) in [5.41, 5.74) is 3.17. The number of rotatable bonds is 5. The van der Waals surface area contributed by atoms with Crippen molar-refractivity contribution in [2.24, 2.45) is 0 Å². The summed E-state index contributed by atoms with van der Waals surface area (Å²) in [6, 6.07) is 12.5. The molecule has 0 aliphatic heterocycles. The zero-order valence-corrected chi connectivity index (χ0v) is 13.5. The second-order valence-corrected chi connectivity index (χ2v) is 6.12. The van der Waals surface area contributed by atoms with E-state index in [2.05, 4.69) is 20.6 Å². The second kappa shape index (κ2) is 6.35. The highest BCUT2D eigenvalue weighted by Gasteiger charge is 2.25. The predicted molar refractivity (Wildman–Crippen MR) is 93.1 cm³/mol. The van der Waals surface area contributed by atoms with E-state index in [-0.39, 0.29) is 18.0 Å². The van der Waals surface area contributed by atoms with Gasteiger partial charge < -0.3 is 5.32 Å². The Morgan fingerprint density at radius 1 is 1.16 bits per heavy atom. The standard InChI is InChI=1S/C18H17N5O2/c24-17(11-23-18(25)8-7-16(22-23)13-1-2-13)20-14-5-3-12(4-6-14)15-9-10-19-21-15/h3-10,13H,1-2,11H2,(H,19,21)(H,20,24). The number of hydrogen-bond donors (Lipinski definition) is 2. The van der Waals surface area contributed by atoms with Crippen LogP contribution in [0.25, 0.3) is 11.3 Å². The zero-order chi connectivity index (χ0) is 17.2. The maximum Gasteiger partial charge on any atom is 0.267 e. The molecular formula is C18H17N5O2. The lowest BCUT2D eigenvalue weighted by Gasteiger charge is -2.08. The van der Waals surface area contributed by atoms with Crippen molar-refractivity contribution >= 4 is 11.6 Å². The van der Waals surface area contributed by atoms with E-state index < -0.39 is 0 Å². The number of aromatic nitrogens is 4. The minimum absolute atomic E-state index is 0.0955. The lowest BCUT2D eigenvalue weighted by molar-refractivity contribution is -0.117. The van der Waals surface area contributed by atoms with Crippen LogP contribution in [-0.4, -0.2) is 25.9 Å². The van der Waals surface area contributed by atoms with Crippen LogP contribution in [0.3, 0.4) is 0 Å². The number of nitrogens with one attached hydrogen (secondary N) is 2. The first-order chi connectivity index (χ1) is 12.2. The molecule has 2 heterocycles. The average molecular weight is 335 g/mol. The van der Waals surface area contributed by atoms with Gasteiger partial charge in [0.25, 0.3) is 5.56 Å². The van der Waals surface area contributed by atoms with Gasteiger partial charge in [0, 0.05) is 23.9 Å². The highest BCUT2D eigenvalue weighted by atomic mass is 16.2. The van der Waals surface area contributed by atoms with Gasteiger partial charge in [0.05, 0.1) is 11.4 Å². The third kappa shape index (κ3) is 3.50. The SMILES string of the molecule is O=C(Cn1nc(C2CC2)ccc1=O)Nc1ccc(-c2ccn[nH]2)cc1. The van der Waals surface area contributed by atoms with E-state index in [1.54, 1.807) is 12.3 Å². The third-order valence-electron chi connectivity index (χ3n) is 4.16. The molecule has 0 saturated heterocycles. The van der Waals surface area contributed by atoms with E-state index in [1.807, 2.05) is 30.3 Å². The van der Waals surface area contributed by atoms with Crippen molar-refractivity contribution in [3.8, 4) is 11.3 Å². The molecule has 2 aromatic heterocycles. The van der Waals surface area contributed by atoms with Crippen molar-refractivity contribution in [2.45, 2.75) is 25.3 Å². The number of H-pyrrole nitrogens is 1. The smallest absolute Gasteiger partial charge is 0.267 e. The molecule has 25 heavy (non-hydrogen) atoms. The van der Waals surface area contributed by atoms with E-state index in [1.165, 1.54) is 10.7 Å². The summed E-state index contributed by atoms with van der Waals surface area (Å²) < 4.78 is 1.22. The molecule has 7 nitrogen and oxygen atoms in total. The van der Waals surface area contributed by atoms with Crippen molar-refractivity contribution in [1.82, 2.24) is 20.0 Å². The largest absolute Gasteiger partial charge is 0.324 e. The minimum atomic E-state index is -0.281. The number of aromatic amines is 1. The summed E-state index contributed by atoms with van der Waals surface area (Å²) in [5, 5.41) is 13.9. The van der Waals surface area contributed by atoms with Crippen LogP contribution in [0.15, 0.2) is 53.5 Å². The van der Waals surface area contributed by atoms with Gasteiger partial charge in [-0.3, -0.25) is 14.7 Å². The Morgan fingerprint density at radius 2 is 1.96 bits per heavy atom. The molecule has 0 unspecified atom stereocenters. The molecule has 1 aliphatic rings. The molecule has 1 saturated carbocycles. The topological polar surface area (TPSA) is 92.7 Å². The molecule has 0 spiro atoms. The molecule has 1 aliphatic carbocycles. The highest BCUT2D eigenvalue weighted by Crippen LogP contribution is 2.38. The van der Waals surface area contributed by atoms with Crippen molar-refractivity contribution in [2.75, 3.05) is 5.32 Å². The molecule has 1 amide bonds. The van der Waals surface area contributed by atoms with Crippen LogP contribution >= 0.6 is 0 Å². The van der Waals surface area contributed by atoms with Crippen molar-refractivity contribution in [3.05, 3.63) is 64.7 Å². The molecule has 1 fully saturated rings. The van der Waals surface area contributed by atoms with E-state index in [0.29, 0.717) is 11.6 Å². The minimum Gasteiger partial charge on any atom is -0.324 e. The Balaban J connectivity index is 1.44. The van der Waals surface area contributed by atoms with E-state index >= 15 is 0 Å². The third-order valence-corrected chi connectivity index (χ3v) is 4.16. The number of carbonyl (C=O) groups is 1. The Labute approximate surface area is 143 Å². The van der Waals surface area contributed by atoms with Crippen LogP contribution in [0.2, 0.25) is 0 Å². The van der Waals surface area contributed by atoms with Gasteiger partial charge in [-0.25, -0.2) is 4.68 Å². The van der Waals surface area contributed by atoms with Crippen LogP contribution in [-0.2, 0) is 11.3 Å². The van der Waals surface area contributed by atoms with Crippen molar-refractivity contribution < 1.29 is 4.79 Å².